The Labute approximate surface area is 127 Å². The molecule has 1 aromatic carbocycles. The number of carbonyl (C=O) groups is 1. The van der Waals surface area contributed by atoms with Gasteiger partial charge in [0.1, 0.15) is 0 Å². The van der Waals surface area contributed by atoms with E-state index in [4.69, 9.17) is 5.73 Å². The molecule has 1 fully saturated rings. The van der Waals surface area contributed by atoms with Crippen molar-refractivity contribution in [1.82, 2.24) is 10.2 Å². The smallest absolute Gasteiger partial charge is 0.221 e. The first-order chi connectivity index (χ1) is 10.1. The zero-order valence-electron chi connectivity index (χ0n) is 13.0. The third-order valence-corrected chi connectivity index (χ3v) is 4.20. The van der Waals surface area contributed by atoms with Crippen LogP contribution in [0.3, 0.4) is 0 Å². The van der Waals surface area contributed by atoms with E-state index in [2.05, 4.69) is 41.5 Å². The second-order valence-corrected chi connectivity index (χ2v) is 6.32. The minimum atomic E-state index is -0.214. The number of benzene rings is 1. The van der Waals surface area contributed by atoms with Crippen LogP contribution in [0.4, 0.5) is 0 Å². The van der Waals surface area contributed by atoms with Gasteiger partial charge in [-0.2, -0.15) is 0 Å². The zero-order chi connectivity index (χ0) is 15.1. The van der Waals surface area contributed by atoms with Gasteiger partial charge < -0.3 is 16.0 Å². The molecule has 0 atom stereocenters. The summed E-state index contributed by atoms with van der Waals surface area (Å²) >= 11 is 0. The van der Waals surface area contributed by atoms with Gasteiger partial charge in [-0.15, -0.1) is 0 Å². The zero-order valence-corrected chi connectivity index (χ0v) is 13.0. The van der Waals surface area contributed by atoms with Crippen LogP contribution in [-0.4, -0.2) is 36.5 Å². The molecule has 1 aliphatic carbocycles. The monoisotopic (exact) mass is 289 g/mol. The molecule has 21 heavy (non-hydrogen) atoms. The van der Waals surface area contributed by atoms with Gasteiger partial charge in [-0.3, -0.25) is 4.79 Å². The first-order valence-corrected chi connectivity index (χ1v) is 7.85. The lowest BCUT2D eigenvalue weighted by molar-refractivity contribution is -0.123. The summed E-state index contributed by atoms with van der Waals surface area (Å²) in [6, 6.07) is 10.4. The van der Waals surface area contributed by atoms with Crippen LogP contribution < -0.4 is 11.1 Å². The highest BCUT2D eigenvalue weighted by molar-refractivity contribution is 5.77. The molecule has 0 aliphatic heterocycles. The Bertz CT molecular complexity index is 443. The van der Waals surface area contributed by atoms with Gasteiger partial charge >= 0.3 is 0 Å². The van der Waals surface area contributed by atoms with Gasteiger partial charge in [-0.05, 0) is 44.8 Å². The Morgan fingerprint density at radius 2 is 2.05 bits per heavy atom. The normalized spacial score (nSPS) is 16.5. The quantitative estimate of drug-likeness (QED) is 0.719. The Morgan fingerprint density at radius 1 is 1.33 bits per heavy atom. The fourth-order valence-electron chi connectivity index (χ4n) is 2.74. The summed E-state index contributed by atoms with van der Waals surface area (Å²) in [7, 11) is 2.11. The van der Waals surface area contributed by atoms with Gasteiger partial charge in [0.2, 0.25) is 5.91 Å². The topological polar surface area (TPSA) is 58.4 Å². The van der Waals surface area contributed by atoms with Crippen molar-refractivity contribution in [3.05, 3.63) is 35.9 Å². The molecule has 0 unspecified atom stereocenters. The number of hydrogen-bond donors (Lipinski definition) is 2. The van der Waals surface area contributed by atoms with Crippen LogP contribution in [0, 0.1) is 0 Å². The first kappa shape index (κ1) is 16.0. The summed E-state index contributed by atoms with van der Waals surface area (Å²) in [5.74, 6) is 0.0999. The van der Waals surface area contributed by atoms with Crippen molar-refractivity contribution in [3.63, 3.8) is 0 Å². The van der Waals surface area contributed by atoms with E-state index in [1.165, 1.54) is 5.56 Å². The van der Waals surface area contributed by atoms with Gasteiger partial charge in [0.15, 0.2) is 0 Å². The highest BCUT2D eigenvalue weighted by Gasteiger charge is 2.34. The number of nitrogens with two attached hydrogens (primary N) is 1. The summed E-state index contributed by atoms with van der Waals surface area (Å²) in [4.78, 5) is 14.1. The fraction of sp³-hybridized carbons (Fsp3) is 0.588. The maximum Gasteiger partial charge on any atom is 0.221 e. The third kappa shape index (κ3) is 5.48. The number of nitrogens with one attached hydrogen (secondary N) is 1. The van der Waals surface area contributed by atoms with Crippen molar-refractivity contribution in [2.24, 2.45) is 5.73 Å². The molecule has 1 saturated carbocycles. The van der Waals surface area contributed by atoms with Crippen LogP contribution in [0.25, 0.3) is 0 Å². The van der Waals surface area contributed by atoms with Crippen LogP contribution >= 0.6 is 0 Å². The lowest BCUT2D eigenvalue weighted by Crippen LogP contribution is -2.50. The molecular weight excluding hydrogens is 262 g/mol. The predicted octanol–water partition coefficient (Wildman–Crippen LogP) is 1.90. The van der Waals surface area contributed by atoms with E-state index in [1.807, 2.05) is 6.07 Å². The van der Waals surface area contributed by atoms with Gasteiger partial charge in [0.25, 0.3) is 0 Å². The molecule has 0 aromatic heterocycles. The largest absolute Gasteiger partial charge is 0.356 e. The standard InChI is InChI=1S/C17H27N3O/c1-20(14-15-7-3-2-4-8-15)12-6-11-19-16(21)13-17(18)9-5-10-17/h2-4,7-8H,5-6,9-14,18H2,1H3,(H,19,21). The molecule has 3 N–H and O–H groups in total. The van der Waals surface area contributed by atoms with Crippen molar-refractivity contribution in [2.45, 2.75) is 44.2 Å². The lowest BCUT2D eigenvalue weighted by atomic mass is 9.75. The van der Waals surface area contributed by atoms with E-state index < -0.39 is 0 Å². The molecule has 0 bridgehead atoms. The maximum absolute atomic E-state index is 11.8. The Morgan fingerprint density at radius 3 is 2.67 bits per heavy atom. The number of hydrogen-bond acceptors (Lipinski definition) is 3. The highest BCUT2D eigenvalue weighted by Crippen LogP contribution is 2.31. The average Bonchev–Trinajstić information content (AvgIpc) is 2.43. The van der Waals surface area contributed by atoms with Gasteiger partial charge in [0, 0.05) is 25.0 Å². The molecule has 2 rings (SSSR count). The molecule has 4 heteroatoms. The molecule has 0 heterocycles. The minimum Gasteiger partial charge on any atom is -0.356 e. The Balaban J connectivity index is 1.55. The molecule has 1 aromatic rings. The van der Waals surface area contributed by atoms with Crippen LogP contribution in [0.1, 0.15) is 37.7 Å². The number of carbonyl (C=O) groups excluding carboxylic acids is 1. The number of nitrogens with zero attached hydrogens (tertiary/aromatic N) is 1. The summed E-state index contributed by atoms with van der Waals surface area (Å²) in [6.07, 6.45) is 4.58. The van der Waals surface area contributed by atoms with Crippen LogP contribution in [0.15, 0.2) is 30.3 Å². The van der Waals surface area contributed by atoms with Crippen LogP contribution in [0.2, 0.25) is 0 Å². The SMILES string of the molecule is CN(CCCNC(=O)CC1(N)CCC1)Cc1ccccc1. The lowest BCUT2D eigenvalue weighted by Gasteiger charge is -2.37. The Hall–Kier alpha value is -1.39. The van der Waals surface area contributed by atoms with Crippen molar-refractivity contribution in [2.75, 3.05) is 20.1 Å². The van der Waals surface area contributed by atoms with E-state index in [0.717, 1.165) is 45.3 Å². The first-order valence-electron chi connectivity index (χ1n) is 7.85. The van der Waals surface area contributed by atoms with Crippen LogP contribution in [-0.2, 0) is 11.3 Å². The number of rotatable bonds is 8. The van der Waals surface area contributed by atoms with E-state index in [9.17, 15) is 4.79 Å². The fourth-order valence-corrected chi connectivity index (χ4v) is 2.74. The predicted molar refractivity (Wildman–Crippen MR) is 85.8 cm³/mol. The van der Waals surface area contributed by atoms with Crippen molar-refractivity contribution in [1.29, 1.82) is 0 Å². The van der Waals surface area contributed by atoms with Gasteiger partial charge in [-0.1, -0.05) is 30.3 Å². The molecule has 0 spiro atoms. The van der Waals surface area contributed by atoms with Crippen molar-refractivity contribution >= 4 is 5.91 Å². The second kappa shape index (κ2) is 7.57. The maximum atomic E-state index is 11.8. The molecule has 1 aliphatic rings. The van der Waals surface area contributed by atoms with Crippen molar-refractivity contribution in [3.8, 4) is 0 Å². The molecule has 0 saturated heterocycles. The molecular formula is C17H27N3O. The Kier molecular flexibility index (Phi) is 5.76. The van der Waals surface area contributed by atoms with E-state index in [-0.39, 0.29) is 11.4 Å². The van der Waals surface area contributed by atoms with E-state index in [0.29, 0.717) is 6.42 Å². The summed E-state index contributed by atoms with van der Waals surface area (Å²) in [6.45, 7) is 2.65. The molecule has 0 radical (unpaired) electrons. The summed E-state index contributed by atoms with van der Waals surface area (Å²) in [5, 5.41) is 2.98. The second-order valence-electron chi connectivity index (χ2n) is 6.32. The van der Waals surface area contributed by atoms with Gasteiger partial charge in [-0.25, -0.2) is 0 Å². The minimum absolute atomic E-state index is 0.0999. The average molecular weight is 289 g/mol. The van der Waals surface area contributed by atoms with Crippen LogP contribution in [0.5, 0.6) is 0 Å². The highest BCUT2D eigenvalue weighted by atomic mass is 16.1. The summed E-state index contributed by atoms with van der Waals surface area (Å²) < 4.78 is 0. The van der Waals surface area contributed by atoms with E-state index >= 15 is 0 Å². The van der Waals surface area contributed by atoms with Gasteiger partial charge in [0.05, 0.1) is 0 Å². The molecule has 1 amide bonds. The summed E-state index contributed by atoms with van der Waals surface area (Å²) in [5.41, 5.74) is 7.18. The third-order valence-electron chi connectivity index (χ3n) is 4.20. The molecule has 116 valence electrons. The van der Waals surface area contributed by atoms with Crippen molar-refractivity contribution < 1.29 is 4.79 Å². The molecule has 4 nitrogen and oxygen atoms in total. The number of amides is 1. The van der Waals surface area contributed by atoms with E-state index in [1.54, 1.807) is 0 Å².